The lowest BCUT2D eigenvalue weighted by Crippen LogP contribution is -2.40. The molecule has 1 saturated heterocycles. The molecule has 0 spiro atoms. The number of rotatable bonds is 5. The molecular weight excluding hydrogens is 322 g/mol. The van der Waals surface area contributed by atoms with Gasteiger partial charge in [0.05, 0.1) is 11.4 Å². The molecular formula is C18H25N3O2S. The van der Waals surface area contributed by atoms with E-state index in [2.05, 4.69) is 18.1 Å². The van der Waals surface area contributed by atoms with Crippen LogP contribution >= 0.6 is 0 Å². The Hall–Kier alpha value is -1.66. The average Bonchev–Trinajstić information content (AvgIpc) is 2.86. The fourth-order valence-corrected chi connectivity index (χ4v) is 4.91. The van der Waals surface area contributed by atoms with Gasteiger partial charge in [0.15, 0.2) is 0 Å². The van der Waals surface area contributed by atoms with E-state index in [1.165, 1.54) is 5.69 Å². The van der Waals surface area contributed by atoms with Crippen molar-refractivity contribution < 1.29 is 8.42 Å². The van der Waals surface area contributed by atoms with Crippen molar-refractivity contribution >= 4 is 10.0 Å². The highest BCUT2D eigenvalue weighted by Crippen LogP contribution is 2.23. The van der Waals surface area contributed by atoms with Gasteiger partial charge in [0.1, 0.15) is 0 Å². The van der Waals surface area contributed by atoms with E-state index in [0.717, 1.165) is 30.6 Å². The van der Waals surface area contributed by atoms with Crippen molar-refractivity contribution in [2.24, 2.45) is 5.92 Å². The number of hydrogen-bond acceptors (Lipinski definition) is 3. The monoisotopic (exact) mass is 347 g/mol. The summed E-state index contributed by atoms with van der Waals surface area (Å²) in [6.45, 7) is 6.17. The van der Waals surface area contributed by atoms with Crippen LogP contribution in [0.3, 0.4) is 0 Å². The summed E-state index contributed by atoms with van der Waals surface area (Å²) in [6.07, 6.45) is 1.79. The van der Waals surface area contributed by atoms with Crippen molar-refractivity contribution in [3.05, 3.63) is 53.3 Å². The van der Waals surface area contributed by atoms with Gasteiger partial charge in [-0.25, -0.2) is 12.7 Å². The van der Waals surface area contributed by atoms with Crippen molar-refractivity contribution in [2.75, 3.05) is 13.1 Å². The Morgan fingerprint density at radius 3 is 2.38 bits per heavy atom. The summed E-state index contributed by atoms with van der Waals surface area (Å²) in [5.74, 6) is 0.585. The fraction of sp³-hybridized carbons (Fsp3) is 0.500. The molecule has 0 aliphatic carbocycles. The fourth-order valence-electron chi connectivity index (χ4n) is 3.35. The first-order chi connectivity index (χ1) is 11.4. The predicted octanol–water partition coefficient (Wildman–Crippen LogP) is 2.74. The average molecular weight is 347 g/mol. The van der Waals surface area contributed by atoms with E-state index >= 15 is 0 Å². The first kappa shape index (κ1) is 17.2. The Balaban J connectivity index is 1.57. The van der Waals surface area contributed by atoms with Gasteiger partial charge in [-0.2, -0.15) is 5.10 Å². The van der Waals surface area contributed by atoms with Crippen molar-refractivity contribution in [3.63, 3.8) is 0 Å². The largest absolute Gasteiger partial charge is 0.269 e. The molecule has 2 heterocycles. The van der Waals surface area contributed by atoms with Crippen LogP contribution in [0.4, 0.5) is 0 Å². The van der Waals surface area contributed by atoms with Crippen molar-refractivity contribution in [1.29, 1.82) is 0 Å². The Bertz CT molecular complexity index is 776. The molecule has 2 aromatic rings. The molecule has 1 aromatic heterocycles. The van der Waals surface area contributed by atoms with E-state index in [9.17, 15) is 8.42 Å². The molecule has 1 aliphatic heterocycles. The third-order valence-electron chi connectivity index (χ3n) is 4.69. The first-order valence-corrected chi connectivity index (χ1v) is 10.1. The summed E-state index contributed by atoms with van der Waals surface area (Å²) in [5.41, 5.74) is 3.06. The molecule has 0 bridgehead atoms. The van der Waals surface area contributed by atoms with Crippen LogP contribution in [0, 0.1) is 19.8 Å². The maximum absolute atomic E-state index is 12.6. The third-order valence-corrected chi connectivity index (χ3v) is 6.54. The molecule has 24 heavy (non-hydrogen) atoms. The number of sulfonamides is 1. The molecule has 130 valence electrons. The normalized spacial score (nSPS) is 17.2. The van der Waals surface area contributed by atoms with Crippen molar-refractivity contribution in [2.45, 2.75) is 39.0 Å². The van der Waals surface area contributed by atoms with Crippen LogP contribution in [-0.2, 0) is 22.3 Å². The summed E-state index contributed by atoms with van der Waals surface area (Å²) < 4.78 is 28.9. The van der Waals surface area contributed by atoms with Crippen molar-refractivity contribution in [1.82, 2.24) is 14.1 Å². The molecule has 1 fully saturated rings. The smallest absolute Gasteiger partial charge is 0.218 e. The molecule has 5 nitrogen and oxygen atoms in total. The Kier molecular flexibility index (Phi) is 5.06. The van der Waals surface area contributed by atoms with Gasteiger partial charge in [0.2, 0.25) is 10.0 Å². The number of nitrogens with zero attached hydrogens (tertiary/aromatic N) is 3. The van der Waals surface area contributed by atoms with Crippen molar-refractivity contribution in [3.8, 4) is 0 Å². The molecule has 0 radical (unpaired) electrons. The van der Waals surface area contributed by atoms with E-state index in [4.69, 9.17) is 0 Å². The highest BCUT2D eigenvalue weighted by atomic mass is 32.2. The Morgan fingerprint density at radius 2 is 1.79 bits per heavy atom. The molecule has 0 amide bonds. The molecule has 6 heteroatoms. The van der Waals surface area contributed by atoms with Gasteiger partial charge < -0.3 is 0 Å². The number of benzene rings is 1. The van der Waals surface area contributed by atoms with Gasteiger partial charge in [-0.3, -0.25) is 4.68 Å². The maximum Gasteiger partial charge on any atom is 0.218 e. The number of piperidine rings is 1. The second kappa shape index (κ2) is 7.07. The van der Waals surface area contributed by atoms with Gasteiger partial charge >= 0.3 is 0 Å². The van der Waals surface area contributed by atoms with Crippen LogP contribution in [0.5, 0.6) is 0 Å². The van der Waals surface area contributed by atoms with Crippen LogP contribution < -0.4 is 0 Å². The van der Waals surface area contributed by atoms with E-state index < -0.39 is 10.0 Å². The van der Waals surface area contributed by atoms with Gasteiger partial charge in [0, 0.05) is 25.3 Å². The second-order valence-corrected chi connectivity index (χ2v) is 8.66. The van der Waals surface area contributed by atoms with Crippen LogP contribution in [-0.4, -0.2) is 35.6 Å². The second-order valence-electron chi connectivity index (χ2n) is 6.69. The molecule has 0 atom stereocenters. The lowest BCUT2D eigenvalue weighted by Gasteiger charge is -2.31. The quantitative estimate of drug-likeness (QED) is 0.836. The van der Waals surface area contributed by atoms with E-state index in [-0.39, 0.29) is 5.75 Å². The topological polar surface area (TPSA) is 55.2 Å². The summed E-state index contributed by atoms with van der Waals surface area (Å²) in [5, 5.41) is 4.51. The molecule has 0 saturated carbocycles. The standard InChI is InChI=1S/C18H25N3O2S/c1-15-12-16(2)21(19-15)13-17-8-10-20(11-9-17)24(22,23)14-18-6-4-3-5-7-18/h3-7,12,17H,8-11,13-14H2,1-2H3. The molecule has 0 N–H and O–H groups in total. The zero-order chi connectivity index (χ0) is 17.2. The first-order valence-electron chi connectivity index (χ1n) is 8.47. The number of hydrogen-bond donors (Lipinski definition) is 0. The highest BCUT2D eigenvalue weighted by molar-refractivity contribution is 7.88. The van der Waals surface area contributed by atoms with E-state index in [1.807, 2.05) is 41.9 Å². The Morgan fingerprint density at radius 1 is 1.12 bits per heavy atom. The summed E-state index contributed by atoms with van der Waals surface area (Å²) in [6, 6.07) is 11.5. The minimum atomic E-state index is -3.23. The lowest BCUT2D eigenvalue weighted by atomic mass is 9.98. The van der Waals surface area contributed by atoms with Crippen LogP contribution in [0.25, 0.3) is 0 Å². The maximum atomic E-state index is 12.6. The third kappa shape index (κ3) is 4.05. The van der Waals surface area contributed by atoms with Crippen LogP contribution in [0.15, 0.2) is 36.4 Å². The number of aromatic nitrogens is 2. The SMILES string of the molecule is Cc1cc(C)n(CC2CCN(S(=O)(=O)Cc3ccccc3)CC2)n1. The minimum absolute atomic E-state index is 0.0932. The molecule has 1 aromatic carbocycles. The van der Waals surface area contributed by atoms with Gasteiger partial charge in [0.25, 0.3) is 0 Å². The predicted molar refractivity (Wildman–Crippen MR) is 95.1 cm³/mol. The molecule has 3 rings (SSSR count). The van der Waals surface area contributed by atoms with Gasteiger partial charge in [-0.15, -0.1) is 0 Å². The summed E-state index contributed by atoms with van der Waals surface area (Å²) in [7, 11) is -3.23. The minimum Gasteiger partial charge on any atom is -0.269 e. The lowest BCUT2D eigenvalue weighted by molar-refractivity contribution is 0.246. The van der Waals surface area contributed by atoms with Crippen LogP contribution in [0.2, 0.25) is 0 Å². The highest BCUT2D eigenvalue weighted by Gasteiger charge is 2.28. The Labute approximate surface area is 144 Å². The van der Waals surface area contributed by atoms with Gasteiger partial charge in [-0.05, 0) is 44.2 Å². The van der Waals surface area contributed by atoms with E-state index in [0.29, 0.717) is 19.0 Å². The zero-order valence-electron chi connectivity index (χ0n) is 14.4. The van der Waals surface area contributed by atoms with Crippen LogP contribution in [0.1, 0.15) is 29.8 Å². The number of aryl methyl sites for hydroxylation is 2. The van der Waals surface area contributed by atoms with Gasteiger partial charge in [-0.1, -0.05) is 30.3 Å². The molecule has 1 aliphatic rings. The summed E-state index contributed by atoms with van der Waals surface area (Å²) >= 11 is 0. The van der Waals surface area contributed by atoms with E-state index in [1.54, 1.807) is 4.31 Å². The zero-order valence-corrected chi connectivity index (χ0v) is 15.2. The summed E-state index contributed by atoms with van der Waals surface area (Å²) in [4.78, 5) is 0. The molecule has 0 unspecified atom stereocenters.